The lowest BCUT2D eigenvalue weighted by Gasteiger charge is -2.19. The zero-order chi connectivity index (χ0) is 23.2. The third-order valence-electron chi connectivity index (χ3n) is 5.37. The van der Waals surface area contributed by atoms with E-state index in [2.05, 4.69) is 10.3 Å². The van der Waals surface area contributed by atoms with Crippen LogP contribution in [0.1, 0.15) is 27.3 Å². The zero-order valence-electron chi connectivity index (χ0n) is 17.0. The molecule has 2 aliphatic heterocycles. The Kier molecular flexibility index (Phi) is 4.92. The van der Waals surface area contributed by atoms with Crippen molar-refractivity contribution in [3.8, 4) is 17.0 Å². The summed E-state index contributed by atoms with van der Waals surface area (Å²) in [5, 5.41) is 2.63. The lowest BCUT2D eigenvalue weighted by atomic mass is 10.0. The van der Waals surface area contributed by atoms with E-state index in [1.165, 1.54) is 12.3 Å². The SMILES string of the molecule is O=C1NCCc2c1cc(-c1ccnc(C3=Cc4ccccc4OC3)c1)n2OC(=O)C(F)(F)F. The van der Waals surface area contributed by atoms with Crippen molar-refractivity contribution in [1.82, 2.24) is 15.0 Å². The number of nitrogens with one attached hydrogen (secondary N) is 1. The summed E-state index contributed by atoms with van der Waals surface area (Å²) in [7, 11) is 0. The molecule has 0 bridgehead atoms. The number of benzene rings is 1. The molecule has 168 valence electrons. The van der Waals surface area contributed by atoms with E-state index in [4.69, 9.17) is 9.57 Å². The van der Waals surface area contributed by atoms with E-state index in [9.17, 15) is 22.8 Å². The van der Waals surface area contributed by atoms with Gasteiger partial charge in [0.25, 0.3) is 5.91 Å². The molecule has 10 heteroatoms. The molecular formula is C23H16F3N3O4. The molecule has 1 amide bonds. The van der Waals surface area contributed by atoms with E-state index in [-0.39, 0.29) is 36.5 Å². The molecule has 1 N–H and O–H groups in total. The van der Waals surface area contributed by atoms with Crippen LogP contribution in [-0.4, -0.2) is 40.9 Å². The summed E-state index contributed by atoms with van der Waals surface area (Å²) in [6.07, 6.45) is -1.56. The van der Waals surface area contributed by atoms with Crippen molar-refractivity contribution in [2.24, 2.45) is 0 Å². The number of fused-ring (bicyclic) bond motifs is 2. The molecule has 5 rings (SSSR count). The second kappa shape index (κ2) is 7.80. The summed E-state index contributed by atoms with van der Waals surface area (Å²) < 4.78 is 45.3. The first-order chi connectivity index (χ1) is 15.8. The Balaban J connectivity index is 1.58. The fourth-order valence-electron chi connectivity index (χ4n) is 3.82. The van der Waals surface area contributed by atoms with Crippen molar-refractivity contribution in [3.05, 3.63) is 71.2 Å². The van der Waals surface area contributed by atoms with Crippen LogP contribution in [-0.2, 0) is 11.2 Å². The van der Waals surface area contributed by atoms with Crippen LogP contribution in [0.3, 0.4) is 0 Å². The number of alkyl halides is 3. The predicted molar refractivity (Wildman–Crippen MR) is 111 cm³/mol. The molecule has 1 aromatic carbocycles. The van der Waals surface area contributed by atoms with Gasteiger partial charge >= 0.3 is 12.1 Å². The monoisotopic (exact) mass is 455 g/mol. The number of carbonyl (C=O) groups excluding carboxylic acids is 2. The zero-order valence-corrected chi connectivity index (χ0v) is 17.0. The Morgan fingerprint density at radius 2 is 2.00 bits per heavy atom. The van der Waals surface area contributed by atoms with Crippen LogP contribution in [0.25, 0.3) is 22.9 Å². The fraction of sp³-hybridized carbons (Fsp3) is 0.174. The molecule has 2 aliphatic rings. The van der Waals surface area contributed by atoms with Crippen LogP contribution >= 0.6 is 0 Å². The Morgan fingerprint density at radius 3 is 2.82 bits per heavy atom. The fourth-order valence-corrected chi connectivity index (χ4v) is 3.82. The average molecular weight is 455 g/mol. The first-order valence-electron chi connectivity index (χ1n) is 10.0. The molecule has 0 saturated heterocycles. The summed E-state index contributed by atoms with van der Waals surface area (Å²) in [6, 6.07) is 12.1. The van der Waals surface area contributed by atoms with Gasteiger partial charge in [-0.3, -0.25) is 9.78 Å². The van der Waals surface area contributed by atoms with E-state index in [0.717, 1.165) is 21.6 Å². The number of rotatable bonds is 3. The van der Waals surface area contributed by atoms with E-state index in [1.54, 1.807) is 12.1 Å². The van der Waals surface area contributed by atoms with Crippen molar-refractivity contribution >= 4 is 23.5 Å². The van der Waals surface area contributed by atoms with E-state index in [0.29, 0.717) is 11.3 Å². The molecule has 0 fully saturated rings. The number of aromatic nitrogens is 2. The third kappa shape index (κ3) is 3.84. The topological polar surface area (TPSA) is 82.4 Å². The second-order valence-corrected chi connectivity index (χ2v) is 7.49. The molecule has 0 aliphatic carbocycles. The minimum Gasteiger partial charge on any atom is -0.488 e. The molecule has 4 heterocycles. The van der Waals surface area contributed by atoms with E-state index in [1.807, 2.05) is 30.3 Å². The highest BCUT2D eigenvalue weighted by molar-refractivity contribution is 5.98. The molecule has 33 heavy (non-hydrogen) atoms. The maximum atomic E-state index is 12.9. The van der Waals surface area contributed by atoms with E-state index >= 15 is 0 Å². The first kappa shape index (κ1) is 20.8. The molecular weight excluding hydrogens is 439 g/mol. The maximum Gasteiger partial charge on any atom is 0.493 e. The molecule has 0 unspecified atom stereocenters. The predicted octanol–water partition coefficient (Wildman–Crippen LogP) is 3.29. The molecule has 0 radical (unpaired) electrons. The number of halogens is 3. The lowest BCUT2D eigenvalue weighted by molar-refractivity contribution is -0.199. The Bertz CT molecular complexity index is 1310. The van der Waals surface area contributed by atoms with Crippen LogP contribution in [0, 0.1) is 0 Å². The summed E-state index contributed by atoms with van der Waals surface area (Å²) in [6.45, 7) is 0.473. The number of pyridine rings is 1. The van der Waals surface area contributed by atoms with Crippen molar-refractivity contribution < 1.29 is 32.3 Å². The largest absolute Gasteiger partial charge is 0.493 e. The number of amides is 1. The minimum atomic E-state index is -5.19. The molecule has 3 aromatic rings. The van der Waals surface area contributed by atoms with E-state index < -0.39 is 18.1 Å². The highest BCUT2D eigenvalue weighted by Gasteiger charge is 2.43. The van der Waals surface area contributed by atoms with Crippen molar-refractivity contribution in [1.29, 1.82) is 0 Å². The maximum absolute atomic E-state index is 12.9. The molecule has 0 atom stereocenters. The number of ether oxygens (including phenoxy) is 1. The standard InChI is InChI=1S/C23H16F3N3O4/c24-23(25,26)22(31)33-29-18-6-8-28-21(30)16(18)11-19(29)13-5-7-27-17(10-13)15-9-14-3-1-2-4-20(14)32-12-15/h1-5,7,9-11H,6,8,12H2,(H,28,30). The van der Waals surface area contributed by atoms with Gasteiger partial charge in [0.05, 0.1) is 22.6 Å². The highest BCUT2D eigenvalue weighted by Crippen LogP contribution is 2.33. The smallest absolute Gasteiger partial charge is 0.488 e. The van der Waals surface area contributed by atoms with Gasteiger partial charge in [-0.2, -0.15) is 17.9 Å². The number of nitrogens with zero attached hydrogens (tertiary/aromatic N) is 2. The Labute approximate surface area is 185 Å². The number of hydrogen-bond acceptors (Lipinski definition) is 5. The molecule has 2 aromatic heterocycles. The van der Waals surface area contributed by atoms with Gasteiger partial charge in [-0.05, 0) is 30.3 Å². The van der Waals surface area contributed by atoms with Gasteiger partial charge in [0, 0.05) is 35.9 Å². The normalized spacial score (nSPS) is 15.0. The van der Waals surface area contributed by atoms with Crippen molar-refractivity contribution in [2.75, 3.05) is 13.2 Å². The average Bonchev–Trinajstić information content (AvgIpc) is 3.18. The van der Waals surface area contributed by atoms with Crippen LogP contribution in [0.2, 0.25) is 0 Å². The third-order valence-corrected chi connectivity index (χ3v) is 5.37. The van der Waals surface area contributed by atoms with Gasteiger partial charge in [-0.15, -0.1) is 0 Å². The lowest BCUT2D eigenvalue weighted by Crippen LogP contribution is -2.37. The molecule has 0 spiro atoms. The van der Waals surface area contributed by atoms with Gasteiger partial charge < -0.3 is 14.9 Å². The summed E-state index contributed by atoms with van der Waals surface area (Å²) >= 11 is 0. The van der Waals surface area contributed by atoms with Gasteiger partial charge in [-0.1, -0.05) is 18.2 Å². The number of para-hydroxylation sites is 1. The van der Waals surface area contributed by atoms with Gasteiger partial charge in [0.1, 0.15) is 12.4 Å². The summed E-state index contributed by atoms with van der Waals surface area (Å²) in [5.74, 6) is -2.08. The second-order valence-electron chi connectivity index (χ2n) is 7.49. The van der Waals surface area contributed by atoms with Crippen LogP contribution in [0.4, 0.5) is 13.2 Å². The highest BCUT2D eigenvalue weighted by atomic mass is 19.4. The van der Waals surface area contributed by atoms with Crippen molar-refractivity contribution in [2.45, 2.75) is 12.6 Å². The van der Waals surface area contributed by atoms with Gasteiger partial charge in [-0.25, -0.2) is 4.79 Å². The first-order valence-corrected chi connectivity index (χ1v) is 10.0. The van der Waals surface area contributed by atoms with Crippen LogP contribution in [0.15, 0.2) is 48.7 Å². The van der Waals surface area contributed by atoms with Crippen molar-refractivity contribution in [3.63, 3.8) is 0 Å². The summed E-state index contributed by atoms with van der Waals surface area (Å²) in [4.78, 5) is 32.9. The Hall–Kier alpha value is -4.08. The van der Waals surface area contributed by atoms with Gasteiger partial charge in [0.15, 0.2) is 0 Å². The number of hydrogen-bond donors (Lipinski definition) is 1. The number of carbonyl (C=O) groups is 2. The van der Waals surface area contributed by atoms with Crippen LogP contribution < -0.4 is 14.9 Å². The minimum absolute atomic E-state index is 0.135. The molecule has 0 saturated carbocycles. The summed E-state index contributed by atoms with van der Waals surface area (Å²) in [5.41, 5.74) is 3.09. The quantitative estimate of drug-likeness (QED) is 0.656. The Morgan fingerprint density at radius 1 is 1.18 bits per heavy atom. The van der Waals surface area contributed by atoms with Crippen LogP contribution in [0.5, 0.6) is 5.75 Å². The van der Waals surface area contributed by atoms with Gasteiger partial charge in [0.2, 0.25) is 0 Å². The molecule has 7 nitrogen and oxygen atoms in total.